The third-order valence-corrected chi connectivity index (χ3v) is 0.936. The number of nitrogens with two attached hydrogens (primary N) is 2. The molecular formula is C6H8N3NaO2. The van der Waals surface area contributed by atoms with Gasteiger partial charge in [0.2, 0.25) is 0 Å². The molecule has 12 heavy (non-hydrogen) atoms. The van der Waals surface area contributed by atoms with Crippen LogP contribution in [0.1, 0.15) is 0 Å². The summed E-state index contributed by atoms with van der Waals surface area (Å²) >= 11 is 0. The van der Waals surface area contributed by atoms with Crippen molar-refractivity contribution in [3.63, 3.8) is 0 Å². The molecular weight excluding hydrogens is 169 g/mol. The molecule has 0 atom stereocenters. The minimum atomic E-state index is 0. The van der Waals surface area contributed by atoms with Crippen LogP contribution in [0, 0.1) is 10.1 Å². The van der Waals surface area contributed by atoms with Crippen molar-refractivity contribution in [2.45, 2.75) is 0 Å². The molecule has 0 heterocycles. The first-order valence-electron chi connectivity index (χ1n) is 2.76. The summed E-state index contributed by atoms with van der Waals surface area (Å²) in [5.41, 5.74) is 12.2. The van der Waals surface area contributed by atoms with Gasteiger partial charge in [-0.25, -0.2) is 0 Å². The summed E-state index contributed by atoms with van der Waals surface area (Å²) in [6.45, 7) is 0. The Morgan fingerprint density at radius 1 is 1.08 bits per heavy atom. The van der Waals surface area contributed by atoms with Crippen LogP contribution in [-0.2, 0) is 0 Å². The molecule has 60 valence electrons. The molecule has 0 aliphatic carbocycles. The normalized spacial score (nSPS) is 7.00. The van der Waals surface area contributed by atoms with Gasteiger partial charge < -0.3 is 21.6 Å². The van der Waals surface area contributed by atoms with E-state index in [-0.39, 0.29) is 29.6 Å². The van der Waals surface area contributed by atoms with Crippen molar-refractivity contribution in [1.29, 1.82) is 0 Å². The van der Waals surface area contributed by atoms with Crippen molar-refractivity contribution in [3.05, 3.63) is 34.4 Å². The number of benzene rings is 1. The molecule has 4 N–H and O–H groups in total. The number of hydrogen-bond acceptors (Lipinski definition) is 5. The molecule has 0 fully saturated rings. The molecule has 6 heteroatoms. The van der Waals surface area contributed by atoms with E-state index in [0.29, 0.717) is 0 Å². The fourth-order valence-electron chi connectivity index (χ4n) is 0.496. The second kappa shape index (κ2) is 8.32. The second-order valence-electron chi connectivity index (χ2n) is 1.74. The van der Waals surface area contributed by atoms with E-state index >= 15 is 0 Å². The standard InChI is InChI=1S/C6H8N2.HNO2.Na/c7-5-1-2-6(8)4-3-5;2-1-3;/h1-4H,7-8H2;(H,2,3);/q;;+1/p-1. The van der Waals surface area contributed by atoms with Crippen LogP contribution in [0.25, 0.3) is 0 Å². The molecule has 0 aliphatic rings. The summed E-state index contributed by atoms with van der Waals surface area (Å²) < 4.78 is 0. The summed E-state index contributed by atoms with van der Waals surface area (Å²) in [6.07, 6.45) is 0. The number of hydrogen-bond donors (Lipinski definition) is 2. The fourth-order valence-corrected chi connectivity index (χ4v) is 0.496. The molecule has 0 radical (unpaired) electrons. The molecule has 0 saturated heterocycles. The van der Waals surface area contributed by atoms with E-state index in [1.54, 1.807) is 24.3 Å². The van der Waals surface area contributed by atoms with Crippen molar-refractivity contribution in [2.24, 2.45) is 5.34 Å². The van der Waals surface area contributed by atoms with Crippen LogP contribution in [0.4, 0.5) is 11.4 Å². The molecule has 5 nitrogen and oxygen atoms in total. The first-order valence-corrected chi connectivity index (χ1v) is 2.76. The van der Waals surface area contributed by atoms with Gasteiger partial charge in [-0.05, 0) is 24.3 Å². The zero-order valence-electron chi connectivity index (χ0n) is 6.73. The number of rotatable bonds is 0. The van der Waals surface area contributed by atoms with E-state index in [2.05, 4.69) is 0 Å². The predicted octanol–water partition coefficient (Wildman–Crippen LogP) is -1.89. The summed E-state index contributed by atoms with van der Waals surface area (Å²) in [4.78, 5) is 8.00. The van der Waals surface area contributed by atoms with E-state index in [1.807, 2.05) is 0 Å². The molecule has 0 bridgehead atoms. The third-order valence-electron chi connectivity index (χ3n) is 0.936. The molecule has 0 amide bonds. The molecule has 0 aliphatic heterocycles. The summed E-state index contributed by atoms with van der Waals surface area (Å²) in [6, 6.07) is 7.09. The quantitative estimate of drug-likeness (QED) is 0.209. The van der Waals surface area contributed by atoms with Crippen molar-refractivity contribution < 1.29 is 29.6 Å². The Morgan fingerprint density at radius 3 is 1.42 bits per heavy atom. The van der Waals surface area contributed by atoms with Gasteiger partial charge in [-0.1, -0.05) is 0 Å². The van der Waals surface area contributed by atoms with Gasteiger partial charge in [-0.2, -0.15) is 0 Å². The predicted molar refractivity (Wildman–Crippen MR) is 44.4 cm³/mol. The first-order chi connectivity index (χ1) is 5.20. The first kappa shape index (κ1) is 13.8. The Morgan fingerprint density at radius 2 is 1.25 bits per heavy atom. The van der Waals surface area contributed by atoms with E-state index in [1.165, 1.54) is 0 Å². The van der Waals surface area contributed by atoms with Gasteiger partial charge in [0.1, 0.15) is 0 Å². The van der Waals surface area contributed by atoms with Gasteiger partial charge in [0.25, 0.3) is 0 Å². The van der Waals surface area contributed by atoms with Crippen LogP contribution < -0.4 is 41.0 Å². The minimum absolute atomic E-state index is 0. The Balaban J connectivity index is 0. The van der Waals surface area contributed by atoms with E-state index in [0.717, 1.165) is 16.7 Å². The number of nitrogen functional groups attached to an aromatic ring is 2. The maximum atomic E-state index is 8.00. The SMILES string of the molecule is Nc1ccc(N)cc1.O=N[O-].[Na+]. The van der Waals surface area contributed by atoms with Crippen LogP contribution in [0.2, 0.25) is 0 Å². The van der Waals surface area contributed by atoms with Crippen LogP contribution in [0.15, 0.2) is 29.6 Å². The van der Waals surface area contributed by atoms with Crippen molar-refractivity contribution in [2.75, 3.05) is 11.5 Å². The zero-order chi connectivity index (χ0) is 8.69. The topological polar surface area (TPSA) is 105 Å². The van der Waals surface area contributed by atoms with Gasteiger partial charge >= 0.3 is 29.6 Å². The molecule has 1 aromatic carbocycles. The molecule has 1 rings (SSSR count). The number of anilines is 2. The Kier molecular flexibility index (Phi) is 9.56. The van der Waals surface area contributed by atoms with Crippen LogP contribution in [-0.4, -0.2) is 0 Å². The molecule has 0 saturated carbocycles. The van der Waals surface area contributed by atoms with Gasteiger partial charge in [0, 0.05) is 11.4 Å². The van der Waals surface area contributed by atoms with Crippen molar-refractivity contribution in [3.8, 4) is 0 Å². The average molecular weight is 177 g/mol. The smallest absolute Gasteiger partial charge is 0.444 e. The summed E-state index contributed by atoms with van der Waals surface area (Å²) in [7, 11) is 0. The second-order valence-corrected chi connectivity index (χ2v) is 1.74. The summed E-state index contributed by atoms with van der Waals surface area (Å²) in [5, 5.41) is 9.00. The van der Waals surface area contributed by atoms with E-state index in [4.69, 9.17) is 21.6 Å². The average Bonchev–Trinajstić information content (AvgIpc) is 1.97. The Bertz CT molecular complexity index is 194. The maximum Gasteiger partial charge on any atom is 1.00 e. The Labute approximate surface area is 92.0 Å². The molecule has 1 aromatic rings. The van der Waals surface area contributed by atoms with Gasteiger partial charge in [-0.15, -0.1) is 5.34 Å². The van der Waals surface area contributed by atoms with Crippen molar-refractivity contribution >= 4 is 11.4 Å². The maximum absolute atomic E-state index is 8.00. The summed E-state index contributed by atoms with van der Waals surface area (Å²) in [5.74, 6) is 0. The monoisotopic (exact) mass is 177 g/mol. The van der Waals surface area contributed by atoms with Crippen LogP contribution in [0.5, 0.6) is 0 Å². The molecule has 0 unspecified atom stereocenters. The van der Waals surface area contributed by atoms with E-state index < -0.39 is 0 Å². The fraction of sp³-hybridized carbons (Fsp3) is 0. The van der Waals surface area contributed by atoms with E-state index in [9.17, 15) is 0 Å². The van der Waals surface area contributed by atoms with Gasteiger partial charge in [0.05, 0.1) is 0 Å². The van der Waals surface area contributed by atoms with Gasteiger partial charge in [-0.3, -0.25) is 0 Å². The zero-order valence-corrected chi connectivity index (χ0v) is 8.73. The third kappa shape index (κ3) is 7.33. The minimum Gasteiger partial charge on any atom is -0.444 e. The molecule has 0 spiro atoms. The van der Waals surface area contributed by atoms with Crippen LogP contribution in [0.3, 0.4) is 0 Å². The molecule has 0 aromatic heterocycles. The number of nitrogens with zero attached hydrogens (tertiary/aromatic N) is 1. The largest absolute Gasteiger partial charge is 1.00 e. The Hall–Kier alpha value is -0.780. The van der Waals surface area contributed by atoms with Crippen LogP contribution >= 0.6 is 0 Å². The van der Waals surface area contributed by atoms with Gasteiger partial charge in [0.15, 0.2) is 0 Å². The van der Waals surface area contributed by atoms with Crippen molar-refractivity contribution in [1.82, 2.24) is 0 Å².